The molecule has 0 unspecified atom stereocenters. The van der Waals surface area contributed by atoms with Crippen molar-refractivity contribution in [2.45, 2.75) is 50.9 Å². The highest BCUT2D eigenvalue weighted by Crippen LogP contribution is 2.34. The first-order chi connectivity index (χ1) is 10.4. The first kappa shape index (κ1) is 16.8. The monoisotopic (exact) mass is 315 g/mol. The van der Waals surface area contributed by atoms with Crippen LogP contribution in [0.25, 0.3) is 0 Å². The highest BCUT2D eigenvalue weighted by atomic mass is 19.4. The molecule has 0 amide bonds. The van der Waals surface area contributed by atoms with Gasteiger partial charge < -0.3 is 5.11 Å². The van der Waals surface area contributed by atoms with Crippen LogP contribution in [0, 0.1) is 0 Å². The van der Waals surface area contributed by atoms with Crippen LogP contribution in [0.15, 0.2) is 24.3 Å². The van der Waals surface area contributed by atoms with E-state index in [9.17, 15) is 18.0 Å². The van der Waals surface area contributed by atoms with Gasteiger partial charge in [0.2, 0.25) is 0 Å². The van der Waals surface area contributed by atoms with Crippen molar-refractivity contribution in [1.29, 1.82) is 0 Å². The van der Waals surface area contributed by atoms with E-state index in [1.807, 2.05) is 4.90 Å². The highest BCUT2D eigenvalue weighted by Gasteiger charge is 2.35. The fourth-order valence-corrected chi connectivity index (χ4v) is 2.58. The SMILES string of the molecule is O=C(O)CCCCN(Cc1ccccc1C(F)(F)F)C1CC1. The molecule has 2 rings (SSSR count). The van der Waals surface area contributed by atoms with E-state index in [0.717, 1.165) is 18.9 Å². The first-order valence-corrected chi connectivity index (χ1v) is 7.49. The summed E-state index contributed by atoms with van der Waals surface area (Å²) in [5.74, 6) is -0.833. The lowest BCUT2D eigenvalue weighted by Crippen LogP contribution is -2.28. The van der Waals surface area contributed by atoms with Crippen molar-refractivity contribution >= 4 is 5.97 Å². The van der Waals surface area contributed by atoms with Gasteiger partial charge >= 0.3 is 12.1 Å². The molecule has 3 nitrogen and oxygen atoms in total. The molecule has 0 radical (unpaired) electrons. The lowest BCUT2D eigenvalue weighted by Gasteiger charge is -2.24. The van der Waals surface area contributed by atoms with Crippen LogP contribution in [0.1, 0.15) is 43.2 Å². The van der Waals surface area contributed by atoms with Crippen LogP contribution in [0.2, 0.25) is 0 Å². The molecule has 0 bridgehead atoms. The van der Waals surface area contributed by atoms with E-state index in [1.165, 1.54) is 12.1 Å². The van der Waals surface area contributed by atoms with Gasteiger partial charge in [-0.3, -0.25) is 9.69 Å². The maximum atomic E-state index is 13.0. The van der Waals surface area contributed by atoms with Gasteiger partial charge in [0.15, 0.2) is 0 Å². The van der Waals surface area contributed by atoms with Gasteiger partial charge in [-0.05, 0) is 43.9 Å². The lowest BCUT2D eigenvalue weighted by atomic mass is 10.1. The molecular weight excluding hydrogens is 295 g/mol. The minimum absolute atomic E-state index is 0.109. The van der Waals surface area contributed by atoms with Crippen LogP contribution < -0.4 is 0 Å². The van der Waals surface area contributed by atoms with Crippen molar-refractivity contribution < 1.29 is 23.1 Å². The lowest BCUT2D eigenvalue weighted by molar-refractivity contribution is -0.139. The summed E-state index contributed by atoms with van der Waals surface area (Å²) in [5.41, 5.74) is -0.286. The zero-order valence-electron chi connectivity index (χ0n) is 12.3. The Labute approximate surface area is 127 Å². The second kappa shape index (κ2) is 7.13. The molecule has 1 saturated carbocycles. The molecule has 0 saturated heterocycles. The molecule has 0 atom stereocenters. The molecule has 0 aromatic heterocycles. The number of benzene rings is 1. The van der Waals surface area contributed by atoms with Crippen LogP contribution in [0.3, 0.4) is 0 Å². The normalized spacial score (nSPS) is 15.3. The minimum atomic E-state index is -4.34. The van der Waals surface area contributed by atoms with Gasteiger partial charge in [-0.2, -0.15) is 13.2 Å². The maximum Gasteiger partial charge on any atom is 0.416 e. The van der Waals surface area contributed by atoms with E-state index in [2.05, 4.69) is 0 Å². The number of unbranched alkanes of at least 4 members (excludes halogenated alkanes) is 1. The molecule has 6 heteroatoms. The van der Waals surface area contributed by atoms with E-state index < -0.39 is 17.7 Å². The average Bonchev–Trinajstić information content (AvgIpc) is 3.26. The predicted molar refractivity (Wildman–Crippen MR) is 76.4 cm³/mol. The average molecular weight is 315 g/mol. The Balaban J connectivity index is 1.98. The molecule has 1 aliphatic rings. The molecule has 1 aromatic carbocycles. The Morgan fingerprint density at radius 1 is 1.23 bits per heavy atom. The summed E-state index contributed by atoms with van der Waals surface area (Å²) < 4.78 is 39.1. The maximum absolute atomic E-state index is 13.0. The van der Waals surface area contributed by atoms with Crippen LogP contribution >= 0.6 is 0 Å². The summed E-state index contributed by atoms with van der Waals surface area (Å²) in [6, 6.07) is 6.01. The molecule has 1 fully saturated rings. The third-order valence-corrected chi connectivity index (χ3v) is 3.85. The second-order valence-electron chi connectivity index (χ2n) is 5.71. The molecule has 1 N–H and O–H groups in total. The smallest absolute Gasteiger partial charge is 0.416 e. The number of aliphatic carboxylic acids is 1. The molecule has 22 heavy (non-hydrogen) atoms. The van der Waals surface area contributed by atoms with Gasteiger partial charge in [0.25, 0.3) is 0 Å². The molecule has 0 aliphatic heterocycles. The number of rotatable bonds is 8. The van der Waals surface area contributed by atoms with Gasteiger partial charge in [0.05, 0.1) is 5.56 Å². The summed E-state index contributed by atoms with van der Waals surface area (Å²) in [6.45, 7) is 0.914. The first-order valence-electron chi connectivity index (χ1n) is 7.49. The summed E-state index contributed by atoms with van der Waals surface area (Å²) in [5, 5.41) is 8.62. The van der Waals surface area contributed by atoms with Crippen LogP contribution in [0.5, 0.6) is 0 Å². The second-order valence-corrected chi connectivity index (χ2v) is 5.71. The summed E-state index contributed by atoms with van der Waals surface area (Å²) in [4.78, 5) is 12.5. The number of carbonyl (C=O) groups is 1. The third-order valence-electron chi connectivity index (χ3n) is 3.85. The van der Waals surface area contributed by atoms with Gasteiger partial charge in [-0.15, -0.1) is 0 Å². The zero-order valence-corrected chi connectivity index (χ0v) is 12.3. The molecule has 1 aromatic rings. The van der Waals surface area contributed by atoms with Crippen molar-refractivity contribution in [2.75, 3.05) is 6.54 Å². The summed E-state index contributed by atoms with van der Waals surface area (Å²) in [7, 11) is 0. The number of hydrogen-bond donors (Lipinski definition) is 1. The van der Waals surface area contributed by atoms with E-state index in [1.54, 1.807) is 6.07 Å². The van der Waals surface area contributed by atoms with Crippen LogP contribution in [-0.2, 0) is 17.5 Å². The van der Waals surface area contributed by atoms with E-state index in [4.69, 9.17) is 5.11 Å². The minimum Gasteiger partial charge on any atom is -0.481 e. The Kier molecular flexibility index (Phi) is 5.45. The van der Waals surface area contributed by atoms with Crippen LogP contribution in [-0.4, -0.2) is 28.6 Å². The fraction of sp³-hybridized carbons (Fsp3) is 0.562. The zero-order chi connectivity index (χ0) is 16.2. The predicted octanol–water partition coefficient (Wildman–Crippen LogP) is 3.92. The molecular formula is C16H20F3NO2. The number of carboxylic acid groups (broad SMARTS) is 1. The Morgan fingerprint density at radius 3 is 2.50 bits per heavy atom. The molecule has 0 spiro atoms. The molecule has 0 heterocycles. The topological polar surface area (TPSA) is 40.5 Å². The largest absolute Gasteiger partial charge is 0.481 e. The molecule has 1 aliphatic carbocycles. The summed E-state index contributed by atoms with van der Waals surface area (Å²) >= 11 is 0. The van der Waals surface area contributed by atoms with Gasteiger partial charge in [0, 0.05) is 19.0 Å². The van der Waals surface area contributed by atoms with E-state index >= 15 is 0 Å². The van der Waals surface area contributed by atoms with Gasteiger partial charge in [-0.1, -0.05) is 18.2 Å². The Morgan fingerprint density at radius 2 is 1.91 bits per heavy atom. The third kappa shape index (κ3) is 5.02. The Bertz CT molecular complexity index is 512. The van der Waals surface area contributed by atoms with Crippen molar-refractivity contribution in [3.8, 4) is 0 Å². The Hall–Kier alpha value is -1.56. The van der Waals surface area contributed by atoms with Gasteiger partial charge in [-0.25, -0.2) is 0 Å². The van der Waals surface area contributed by atoms with Crippen molar-refractivity contribution in [1.82, 2.24) is 4.90 Å². The number of hydrogen-bond acceptors (Lipinski definition) is 2. The fourth-order valence-electron chi connectivity index (χ4n) is 2.58. The highest BCUT2D eigenvalue weighted by molar-refractivity contribution is 5.66. The van der Waals surface area contributed by atoms with Gasteiger partial charge in [0.1, 0.15) is 0 Å². The van der Waals surface area contributed by atoms with Crippen molar-refractivity contribution in [3.05, 3.63) is 35.4 Å². The van der Waals surface area contributed by atoms with E-state index in [0.29, 0.717) is 31.0 Å². The van der Waals surface area contributed by atoms with Crippen molar-refractivity contribution in [3.63, 3.8) is 0 Å². The number of halogens is 3. The standard InChI is InChI=1S/C16H20F3NO2/c17-16(18,19)14-6-2-1-5-12(14)11-20(13-8-9-13)10-4-3-7-15(21)22/h1-2,5-6,13H,3-4,7-11H2,(H,21,22). The van der Waals surface area contributed by atoms with Crippen molar-refractivity contribution in [2.24, 2.45) is 0 Å². The molecule has 122 valence electrons. The number of carboxylic acids is 1. The summed E-state index contributed by atoms with van der Waals surface area (Å²) in [6.07, 6.45) is -0.969. The van der Waals surface area contributed by atoms with Crippen LogP contribution in [0.4, 0.5) is 13.2 Å². The number of alkyl halides is 3. The quantitative estimate of drug-likeness (QED) is 0.739. The number of nitrogens with zero attached hydrogens (tertiary/aromatic N) is 1. The van der Waals surface area contributed by atoms with E-state index in [-0.39, 0.29) is 13.0 Å².